The van der Waals surface area contributed by atoms with E-state index in [1.54, 1.807) is 17.9 Å². The lowest BCUT2D eigenvalue weighted by atomic mass is 10.1. The number of morpholine rings is 1. The number of carbonyl (C=O) groups is 1. The molecule has 0 saturated carbocycles. The van der Waals surface area contributed by atoms with Gasteiger partial charge in [0.1, 0.15) is 17.2 Å². The molecule has 11 nitrogen and oxygen atoms in total. The summed E-state index contributed by atoms with van der Waals surface area (Å²) in [5.74, 6) is 2.55. The van der Waals surface area contributed by atoms with Crippen LogP contribution in [0.3, 0.4) is 0 Å². The first-order chi connectivity index (χ1) is 16.6. The van der Waals surface area contributed by atoms with Gasteiger partial charge >= 0.3 is 0 Å². The van der Waals surface area contributed by atoms with Crippen molar-refractivity contribution in [3.05, 3.63) is 35.4 Å². The van der Waals surface area contributed by atoms with Gasteiger partial charge in [-0.1, -0.05) is 0 Å². The summed E-state index contributed by atoms with van der Waals surface area (Å²) in [7, 11) is 3.42. The summed E-state index contributed by atoms with van der Waals surface area (Å²) in [5, 5.41) is 0. The van der Waals surface area contributed by atoms with Crippen molar-refractivity contribution >= 4 is 23.3 Å². The Bertz CT molecular complexity index is 1150. The number of hydrogen-bond donors (Lipinski definition) is 1. The number of rotatable bonds is 8. The predicted molar refractivity (Wildman–Crippen MR) is 126 cm³/mol. The fourth-order valence-corrected chi connectivity index (χ4v) is 4.46. The number of benzene rings is 1. The molecule has 3 aliphatic rings. The van der Waals surface area contributed by atoms with Crippen molar-refractivity contribution < 1.29 is 19.0 Å². The second-order valence-corrected chi connectivity index (χ2v) is 8.37. The number of hydrogen-bond acceptors (Lipinski definition) is 9. The lowest BCUT2D eigenvalue weighted by Gasteiger charge is -2.28. The molecule has 180 valence electrons. The van der Waals surface area contributed by atoms with Crippen LogP contribution in [0.25, 0.3) is 0 Å². The fraction of sp³-hybridized carbons (Fsp3) is 0.478. The number of ether oxygens (including phenoxy) is 3. The number of aliphatic imine (C=N–C) groups is 2. The molecule has 1 amide bonds. The normalized spacial score (nSPS) is 17.6. The van der Waals surface area contributed by atoms with Crippen molar-refractivity contribution in [2.45, 2.75) is 6.42 Å². The summed E-state index contributed by atoms with van der Waals surface area (Å²) in [6, 6.07) is 3.89. The highest BCUT2D eigenvalue weighted by molar-refractivity contribution is 6.20. The molecular formula is C23H29N7O4. The summed E-state index contributed by atoms with van der Waals surface area (Å²) in [4.78, 5) is 30.1. The quantitative estimate of drug-likeness (QED) is 0.570. The molecule has 1 aromatic heterocycles. The van der Waals surface area contributed by atoms with Gasteiger partial charge in [0.15, 0.2) is 23.2 Å². The molecule has 11 heteroatoms. The number of primary amides is 1. The third-order valence-electron chi connectivity index (χ3n) is 6.16. The van der Waals surface area contributed by atoms with Crippen molar-refractivity contribution in [3.8, 4) is 11.5 Å². The molecule has 1 aromatic carbocycles. The zero-order valence-electron chi connectivity index (χ0n) is 19.5. The molecular weight excluding hydrogens is 438 g/mol. The van der Waals surface area contributed by atoms with Gasteiger partial charge in [-0.15, -0.1) is 0 Å². The van der Waals surface area contributed by atoms with Gasteiger partial charge in [-0.3, -0.25) is 14.7 Å². The smallest absolute Gasteiger partial charge is 0.268 e. The number of nitrogens with two attached hydrogens (primary N) is 1. The minimum atomic E-state index is -0.584. The highest BCUT2D eigenvalue weighted by Crippen LogP contribution is 2.43. The van der Waals surface area contributed by atoms with Crippen LogP contribution in [0.15, 0.2) is 28.3 Å². The van der Waals surface area contributed by atoms with E-state index in [9.17, 15) is 4.79 Å². The predicted octanol–water partition coefficient (Wildman–Crippen LogP) is 0.783. The number of amidine groups is 2. The highest BCUT2D eigenvalue weighted by Gasteiger charge is 2.35. The summed E-state index contributed by atoms with van der Waals surface area (Å²) in [6.45, 7) is 6.35. The molecule has 5 rings (SSSR count). The SMILES string of the molecule is COc1c(OCCCN2CCOCC2)ccc2c1N=C(c1nc(C(N)=O)cn1C)N1CCN=C21. The Morgan fingerprint density at radius 3 is 2.76 bits per heavy atom. The first-order valence-corrected chi connectivity index (χ1v) is 11.5. The van der Waals surface area contributed by atoms with E-state index >= 15 is 0 Å². The van der Waals surface area contributed by atoms with Crippen LogP contribution in [0, 0.1) is 0 Å². The lowest BCUT2D eigenvalue weighted by Crippen LogP contribution is -2.39. The number of nitrogens with zero attached hydrogens (tertiary/aromatic N) is 6. The number of imidazole rings is 1. The van der Waals surface area contributed by atoms with E-state index < -0.39 is 5.91 Å². The molecule has 0 spiro atoms. The van der Waals surface area contributed by atoms with Gasteiger partial charge in [0.05, 0.1) is 33.5 Å². The molecule has 1 saturated heterocycles. The number of amides is 1. The van der Waals surface area contributed by atoms with Crippen LogP contribution in [0.2, 0.25) is 0 Å². The van der Waals surface area contributed by atoms with Gasteiger partial charge in [-0.05, 0) is 18.6 Å². The molecule has 0 radical (unpaired) electrons. The van der Waals surface area contributed by atoms with Crippen molar-refractivity contribution in [1.82, 2.24) is 19.4 Å². The Hall–Kier alpha value is -3.44. The standard InChI is InChI=1S/C23H29N7O4/c1-28-14-16(20(24)31)26-22(28)23-27-18-15(21-25-6-8-30(21)23)4-5-17(19(18)32-2)34-11-3-7-29-9-12-33-13-10-29/h4-5,14H,3,6-13H2,1-2H3,(H2,24,31). The maximum atomic E-state index is 11.7. The first-order valence-electron chi connectivity index (χ1n) is 11.5. The van der Waals surface area contributed by atoms with E-state index in [4.69, 9.17) is 29.9 Å². The van der Waals surface area contributed by atoms with E-state index in [1.807, 2.05) is 24.1 Å². The van der Waals surface area contributed by atoms with E-state index in [1.165, 1.54) is 0 Å². The average Bonchev–Trinajstić information content (AvgIpc) is 3.49. The number of methoxy groups -OCH3 is 1. The molecule has 4 heterocycles. The highest BCUT2D eigenvalue weighted by atomic mass is 16.5. The first kappa shape index (κ1) is 22.4. The number of aryl methyl sites for hydroxylation is 1. The largest absolute Gasteiger partial charge is 0.491 e. The van der Waals surface area contributed by atoms with Crippen molar-refractivity contribution in [1.29, 1.82) is 0 Å². The molecule has 0 unspecified atom stereocenters. The van der Waals surface area contributed by atoms with Crippen LogP contribution in [-0.2, 0) is 11.8 Å². The van der Waals surface area contributed by atoms with Crippen LogP contribution < -0.4 is 15.2 Å². The summed E-state index contributed by atoms with van der Waals surface area (Å²) < 4.78 is 19.0. The van der Waals surface area contributed by atoms with E-state index in [0.717, 1.165) is 50.7 Å². The van der Waals surface area contributed by atoms with Crippen LogP contribution >= 0.6 is 0 Å². The van der Waals surface area contributed by atoms with Crippen LogP contribution in [-0.4, -0.2) is 96.6 Å². The van der Waals surface area contributed by atoms with E-state index in [2.05, 4.69) is 9.88 Å². The zero-order valence-corrected chi connectivity index (χ0v) is 19.5. The Labute approximate surface area is 197 Å². The summed E-state index contributed by atoms with van der Waals surface area (Å²) in [6.07, 6.45) is 2.51. The van der Waals surface area contributed by atoms with Gasteiger partial charge in [0, 0.05) is 45.0 Å². The fourth-order valence-electron chi connectivity index (χ4n) is 4.46. The molecule has 34 heavy (non-hydrogen) atoms. The van der Waals surface area contributed by atoms with Gasteiger partial charge in [-0.2, -0.15) is 0 Å². The summed E-state index contributed by atoms with van der Waals surface area (Å²) >= 11 is 0. The molecule has 0 aliphatic carbocycles. The third-order valence-corrected chi connectivity index (χ3v) is 6.16. The van der Waals surface area contributed by atoms with Crippen molar-refractivity contribution in [2.24, 2.45) is 22.8 Å². The third kappa shape index (κ3) is 4.12. The number of aromatic nitrogens is 2. The molecule has 2 N–H and O–H groups in total. The molecule has 0 bridgehead atoms. The van der Waals surface area contributed by atoms with Crippen molar-refractivity contribution in [3.63, 3.8) is 0 Å². The number of carbonyl (C=O) groups excluding carboxylic acids is 1. The van der Waals surface area contributed by atoms with Gasteiger partial charge < -0.3 is 29.4 Å². The molecule has 1 fully saturated rings. The maximum absolute atomic E-state index is 11.7. The van der Waals surface area contributed by atoms with Gasteiger partial charge in [-0.25, -0.2) is 9.98 Å². The van der Waals surface area contributed by atoms with Crippen LogP contribution in [0.1, 0.15) is 28.3 Å². The van der Waals surface area contributed by atoms with Gasteiger partial charge in [0.25, 0.3) is 5.91 Å². The second kappa shape index (κ2) is 9.43. The Balaban J connectivity index is 1.43. The second-order valence-electron chi connectivity index (χ2n) is 8.37. The molecule has 3 aliphatic heterocycles. The van der Waals surface area contributed by atoms with E-state index in [0.29, 0.717) is 48.5 Å². The Morgan fingerprint density at radius 1 is 1.21 bits per heavy atom. The average molecular weight is 468 g/mol. The molecule has 0 atom stereocenters. The minimum absolute atomic E-state index is 0.188. The topological polar surface area (TPSA) is 120 Å². The summed E-state index contributed by atoms with van der Waals surface area (Å²) in [5.41, 5.74) is 7.15. The Kier molecular flexibility index (Phi) is 6.20. The minimum Gasteiger partial charge on any atom is -0.491 e. The maximum Gasteiger partial charge on any atom is 0.268 e. The Morgan fingerprint density at radius 2 is 2.03 bits per heavy atom. The number of fused-ring (bicyclic) bond motifs is 3. The molecule has 2 aromatic rings. The lowest BCUT2D eigenvalue weighted by molar-refractivity contribution is 0.0357. The monoisotopic (exact) mass is 467 g/mol. The van der Waals surface area contributed by atoms with Gasteiger partial charge in [0.2, 0.25) is 0 Å². The van der Waals surface area contributed by atoms with E-state index in [-0.39, 0.29) is 5.69 Å². The van der Waals surface area contributed by atoms with Crippen molar-refractivity contribution in [2.75, 3.05) is 59.7 Å². The zero-order chi connectivity index (χ0) is 23.7. The van der Waals surface area contributed by atoms with Crippen LogP contribution in [0.4, 0.5) is 5.69 Å². The van der Waals surface area contributed by atoms with Crippen LogP contribution in [0.5, 0.6) is 11.5 Å².